The lowest BCUT2D eigenvalue weighted by Gasteiger charge is -2.06. The molecule has 0 aliphatic heterocycles. The van der Waals surface area contributed by atoms with Gasteiger partial charge in [0.1, 0.15) is 9.84 Å². The van der Waals surface area contributed by atoms with Gasteiger partial charge in [0, 0.05) is 19.3 Å². The quantitative estimate of drug-likeness (QED) is 0.660. The average Bonchev–Trinajstić information content (AvgIpc) is 2.82. The molecule has 0 aliphatic carbocycles. The number of oxazole rings is 1. The summed E-state index contributed by atoms with van der Waals surface area (Å²) >= 11 is 0. The van der Waals surface area contributed by atoms with Gasteiger partial charge in [0.2, 0.25) is 0 Å². The summed E-state index contributed by atoms with van der Waals surface area (Å²) in [4.78, 5) is 12.0. The van der Waals surface area contributed by atoms with E-state index in [1.807, 2.05) is 18.2 Å². The lowest BCUT2D eigenvalue weighted by atomic mass is 10.1. The molecule has 0 bridgehead atoms. The first kappa shape index (κ1) is 18.7. The lowest BCUT2D eigenvalue weighted by Crippen LogP contribution is -2.25. The second-order valence-electron chi connectivity index (χ2n) is 6.16. The van der Waals surface area contributed by atoms with Gasteiger partial charge in [0.15, 0.2) is 5.58 Å². The second kappa shape index (κ2) is 8.48. The second-order valence-corrected chi connectivity index (χ2v) is 8.42. The number of aromatic nitrogens is 1. The molecule has 24 heavy (non-hydrogen) atoms. The fourth-order valence-electron chi connectivity index (χ4n) is 2.60. The van der Waals surface area contributed by atoms with Crippen LogP contribution in [0, 0.1) is 0 Å². The van der Waals surface area contributed by atoms with Crippen LogP contribution >= 0.6 is 0 Å². The molecule has 134 valence electrons. The van der Waals surface area contributed by atoms with Crippen LogP contribution in [0.2, 0.25) is 0 Å². The number of hydrogen-bond donors (Lipinski definition) is 1. The van der Waals surface area contributed by atoms with Gasteiger partial charge in [0.25, 0.3) is 0 Å². The summed E-state index contributed by atoms with van der Waals surface area (Å²) in [6.45, 7) is 3.79. The third kappa shape index (κ3) is 5.49. The lowest BCUT2D eigenvalue weighted by molar-refractivity contribution is 0.492. The summed E-state index contributed by atoms with van der Waals surface area (Å²) < 4.78 is 29.0. The Bertz CT molecular complexity index is 821. The Morgan fingerprint density at radius 2 is 2.00 bits per heavy atom. The van der Waals surface area contributed by atoms with Crippen molar-refractivity contribution in [2.45, 2.75) is 39.2 Å². The minimum atomic E-state index is -2.94. The largest absolute Gasteiger partial charge is 0.419 e. The van der Waals surface area contributed by atoms with E-state index in [1.165, 1.54) is 11.8 Å². The van der Waals surface area contributed by atoms with Crippen LogP contribution in [0.5, 0.6) is 0 Å². The normalized spacial score (nSPS) is 12.1. The first-order valence-corrected chi connectivity index (χ1v) is 10.5. The van der Waals surface area contributed by atoms with Gasteiger partial charge in [-0.3, -0.25) is 4.57 Å². The standard InChI is InChI=1S/C17H26N2O4S/c1-3-4-6-14-7-8-16-15(13-14)19(17(20)23-16)11-5-9-18-10-12-24(2,21)22/h7-8,13,18H,3-6,9-12H2,1-2H3. The van der Waals surface area contributed by atoms with E-state index in [0.29, 0.717) is 25.2 Å². The highest BCUT2D eigenvalue weighted by molar-refractivity contribution is 7.90. The third-order valence-electron chi connectivity index (χ3n) is 3.94. The maximum Gasteiger partial charge on any atom is 0.419 e. The monoisotopic (exact) mass is 354 g/mol. The Hall–Kier alpha value is -1.60. The zero-order chi connectivity index (χ0) is 17.6. The maximum atomic E-state index is 12.0. The molecule has 1 aromatic heterocycles. The van der Waals surface area contributed by atoms with E-state index in [1.54, 1.807) is 4.57 Å². The van der Waals surface area contributed by atoms with Crippen molar-refractivity contribution >= 4 is 20.9 Å². The highest BCUT2D eigenvalue weighted by Crippen LogP contribution is 2.17. The molecule has 2 rings (SSSR count). The molecule has 7 heteroatoms. The number of fused-ring (bicyclic) bond motifs is 1. The van der Waals surface area contributed by atoms with Crippen LogP contribution in [-0.2, 0) is 22.8 Å². The molecule has 0 fully saturated rings. The number of rotatable bonds is 10. The molecule has 2 aromatic rings. The highest BCUT2D eigenvalue weighted by Gasteiger charge is 2.09. The molecule has 0 unspecified atom stereocenters. The first-order valence-electron chi connectivity index (χ1n) is 8.41. The van der Waals surface area contributed by atoms with Crippen LogP contribution < -0.4 is 11.1 Å². The molecular weight excluding hydrogens is 328 g/mol. The summed E-state index contributed by atoms with van der Waals surface area (Å²) in [6, 6.07) is 5.91. The molecule has 0 spiro atoms. The number of nitrogens with zero attached hydrogens (tertiary/aromatic N) is 1. The molecule has 1 N–H and O–H groups in total. The molecule has 0 amide bonds. The summed E-state index contributed by atoms with van der Waals surface area (Å²) in [6.07, 6.45) is 5.21. The van der Waals surface area contributed by atoms with E-state index in [0.717, 1.165) is 31.2 Å². The molecule has 0 saturated heterocycles. The van der Waals surface area contributed by atoms with Gasteiger partial charge in [-0.15, -0.1) is 0 Å². The molecule has 0 saturated carbocycles. The first-order chi connectivity index (χ1) is 11.4. The number of unbranched alkanes of at least 4 members (excludes halogenated alkanes) is 1. The maximum absolute atomic E-state index is 12.0. The summed E-state index contributed by atoms with van der Waals surface area (Å²) in [5.41, 5.74) is 2.67. The van der Waals surface area contributed by atoms with Crippen molar-refractivity contribution in [3.05, 3.63) is 34.3 Å². The summed E-state index contributed by atoms with van der Waals surface area (Å²) in [5, 5.41) is 3.09. The fraction of sp³-hybridized carbons (Fsp3) is 0.588. The van der Waals surface area contributed by atoms with Crippen LogP contribution in [0.1, 0.15) is 31.7 Å². The molecular formula is C17H26N2O4S. The van der Waals surface area contributed by atoms with Crippen molar-refractivity contribution in [3.8, 4) is 0 Å². The molecule has 6 nitrogen and oxygen atoms in total. The fourth-order valence-corrected chi connectivity index (χ4v) is 3.12. The third-order valence-corrected chi connectivity index (χ3v) is 4.88. The van der Waals surface area contributed by atoms with Gasteiger partial charge in [-0.25, -0.2) is 13.2 Å². The van der Waals surface area contributed by atoms with Crippen molar-refractivity contribution in [1.82, 2.24) is 9.88 Å². The highest BCUT2D eigenvalue weighted by atomic mass is 32.2. The number of hydrogen-bond acceptors (Lipinski definition) is 5. The van der Waals surface area contributed by atoms with Crippen LogP contribution in [0.25, 0.3) is 11.1 Å². The Kier molecular flexibility index (Phi) is 6.62. The zero-order valence-electron chi connectivity index (χ0n) is 14.4. The van der Waals surface area contributed by atoms with Gasteiger partial charge < -0.3 is 9.73 Å². The minimum Gasteiger partial charge on any atom is -0.408 e. The van der Waals surface area contributed by atoms with Gasteiger partial charge in [0.05, 0.1) is 11.3 Å². The number of nitrogens with one attached hydrogen (secondary N) is 1. The predicted octanol–water partition coefficient (Wildman–Crippen LogP) is 1.96. The van der Waals surface area contributed by atoms with E-state index >= 15 is 0 Å². The van der Waals surface area contributed by atoms with Gasteiger partial charge >= 0.3 is 5.76 Å². The minimum absolute atomic E-state index is 0.127. The van der Waals surface area contributed by atoms with Crippen LogP contribution in [0.15, 0.2) is 27.4 Å². The average molecular weight is 354 g/mol. The van der Waals surface area contributed by atoms with Crippen molar-refractivity contribution in [3.63, 3.8) is 0 Å². The van der Waals surface area contributed by atoms with E-state index in [4.69, 9.17) is 4.42 Å². The topological polar surface area (TPSA) is 81.3 Å². The van der Waals surface area contributed by atoms with E-state index < -0.39 is 9.84 Å². The van der Waals surface area contributed by atoms with E-state index in [-0.39, 0.29) is 11.5 Å². The van der Waals surface area contributed by atoms with E-state index in [9.17, 15) is 13.2 Å². The van der Waals surface area contributed by atoms with E-state index in [2.05, 4.69) is 12.2 Å². The summed E-state index contributed by atoms with van der Waals surface area (Å²) in [7, 11) is -2.94. The van der Waals surface area contributed by atoms with Crippen LogP contribution in [0.3, 0.4) is 0 Å². The molecule has 0 atom stereocenters. The van der Waals surface area contributed by atoms with Crippen molar-refractivity contribution in [1.29, 1.82) is 0 Å². The van der Waals surface area contributed by atoms with Gasteiger partial charge in [-0.1, -0.05) is 19.4 Å². The van der Waals surface area contributed by atoms with Crippen molar-refractivity contribution < 1.29 is 12.8 Å². The molecule has 0 radical (unpaired) electrons. The molecule has 1 heterocycles. The number of aryl methyl sites for hydroxylation is 2. The van der Waals surface area contributed by atoms with Crippen molar-refractivity contribution in [2.75, 3.05) is 25.1 Å². The Morgan fingerprint density at radius 1 is 1.21 bits per heavy atom. The molecule has 1 aromatic carbocycles. The summed E-state index contributed by atoms with van der Waals surface area (Å²) in [5.74, 6) is -0.212. The predicted molar refractivity (Wildman–Crippen MR) is 96.3 cm³/mol. The Labute approximate surface area is 142 Å². The smallest absolute Gasteiger partial charge is 0.408 e. The van der Waals surface area contributed by atoms with Crippen LogP contribution in [-0.4, -0.2) is 38.1 Å². The number of benzene rings is 1. The Balaban J connectivity index is 1.95. The zero-order valence-corrected chi connectivity index (χ0v) is 15.2. The number of sulfone groups is 1. The van der Waals surface area contributed by atoms with Gasteiger partial charge in [-0.05, 0) is 43.5 Å². The van der Waals surface area contributed by atoms with Crippen LogP contribution in [0.4, 0.5) is 0 Å². The van der Waals surface area contributed by atoms with Crippen molar-refractivity contribution in [2.24, 2.45) is 0 Å². The SMILES string of the molecule is CCCCc1ccc2oc(=O)n(CCCNCCS(C)(=O)=O)c2c1. The molecule has 0 aliphatic rings. The Morgan fingerprint density at radius 3 is 2.71 bits per heavy atom. The van der Waals surface area contributed by atoms with Gasteiger partial charge in [-0.2, -0.15) is 0 Å².